The molecule has 35 heavy (non-hydrogen) atoms. The minimum absolute atomic E-state index is 0.301. The quantitative estimate of drug-likeness (QED) is 0.320. The normalized spacial score (nSPS) is 10.8. The predicted octanol–water partition coefficient (Wildman–Crippen LogP) is 2.54. The lowest BCUT2D eigenvalue weighted by molar-refractivity contribution is 0.107. The summed E-state index contributed by atoms with van der Waals surface area (Å²) in [5.41, 5.74) is 19.4. The zero-order chi connectivity index (χ0) is 24.3. The van der Waals surface area contributed by atoms with Crippen LogP contribution in [0.25, 0.3) is 0 Å². The highest BCUT2D eigenvalue weighted by Gasteiger charge is 2.19. The second kappa shape index (κ2) is 13.1. The average molecular weight is 460 g/mol. The van der Waals surface area contributed by atoms with Crippen molar-refractivity contribution in [3.05, 3.63) is 120 Å². The van der Waals surface area contributed by atoms with Gasteiger partial charge in [-0.1, -0.05) is 144 Å². The van der Waals surface area contributed by atoms with Gasteiger partial charge in [-0.15, -0.1) is 0 Å². The van der Waals surface area contributed by atoms with Crippen LogP contribution in [0.1, 0.15) is 11.1 Å². The summed E-state index contributed by atoms with van der Waals surface area (Å²) in [4.78, 5) is 0. The zero-order valence-corrected chi connectivity index (χ0v) is 20.4. The molecule has 176 valence electrons. The van der Waals surface area contributed by atoms with Gasteiger partial charge in [0.2, 0.25) is 13.4 Å². The molecule has 4 aromatic rings. The van der Waals surface area contributed by atoms with E-state index in [-0.39, 0.29) is 0 Å². The van der Waals surface area contributed by atoms with Crippen LogP contribution in [-0.4, -0.2) is 26.5 Å². The molecule has 0 saturated carbocycles. The molecule has 5 heteroatoms. The third kappa shape index (κ3) is 6.95. The van der Waals surface area contributed by atoms with Gasteiger partial charge >= 0.3 is 0 Å². The summed E-state index contributed by atoms with van der Waals surface area (Å²) in [5, 5.41) is 0. The lowest BCUT2D eigenvalue weighted by Crippen LogP contribution is -2.43. The van der Waals surface area contributed by atoms with Crippen LogP contribution in [0, 0.1) is 0 Å². The van der Waals surface area contributed by atoms with E-state index >= 15 is 0 Å². The van der Waals surface area contributed by atoms with Crippen LogP contribution in [0.5, 0.6) is 0 Å². The lowest BCUT2D eigenvalue weighted by atomic mass is 9.38. The van der Waals surface area contributed by atoms with E-state index in [1.807, 2.05) is 0 Å². The lowest BCUT2D eigenvalue weighted by Gasteiger charge is -2.16. The number of hydrogen-bond donors (Lipinski definition) is 2. The van der Waals surface area contributed by atoms with E-state index in [1.54, 1.807) is 0 Å². The summed E-state index contributed by atoms with van der Waals surface area (Å²) in [6, 6.07) is 38.7. The molecule has 4 aromatic carbocycles. The third-order valence-electron chi connectivity index (χ3n) is 6.56. The molecule has 0 aliphatic heterocycles. The second-order valence-electron chi connectivity index (χ2n) is 9.06. The van der Waals surface area contributed by atoms with Crippen LogP contribution in [-0.2, 0) is 18.0 Å². The van der Waals surface area contributed by atoms with Crippen molar-refractivity contribution < 1.29 is 4.74 Å². The minimum Gasteiger partial charge on any atom is -0.372 e. The number of nitrogens with two attached hydrogens (primary N) is 2. The van der Waals surface area contributed by atoms with Crippen molar-refractivity contribution in [3.63, 3.8) is 0 Å². The molecule has 0 aliphatic carbocycles. The van der Waals surface area contributed by atoms with E-state index in [9.17, 15) is 0 Å². The highest BCUT2D eigenvalue weighted by molar-refractivity contribution is 6.85. The highest BCUT2D eigenvalue weighted by atomic mass is 16.5. The van der Waals surface area contributed by atoms with Crippen molar-refractivity contribution >= 4 is 35.3 Å². The van der Waals surface area contributed by atoms with Crippen molar-refractivity contribution in [1.82, 2.24) is 0 Å². The fourth-order valence-electron chi connectivity index (χ4n) is 4.84. The molecule has 0 aliphatic rings. The monoisotopic (exact) mass is 460 g/mol. The minimum atomic E-state index is 0.301. The van der Waals surface area contributed by atoms with Crippen molar-refractivity contribution in [2.24, 2.45) is 11.5 Å². The van der Waals surface area contributed by atoms with Crippen LogP contribution in [0.4, 0.5) is 0 Å². The molecule has 4 rings (SSSR count). The first-order chi connectivity index (χ1) is 17.3. The first-order valence-corrected chi connectivity index (χ1v) is 12.5. The van der Waals surface area contributed by atoms with Crippen molar-refractivity contribution in [3.8, 4) is 0 Å². The third-order valence-corrected chi connectivity index (χ3v) is 6.56. The van der Waals surface area contributed by atoms with E-state index in [0.29, 0.717) is 39.7 Å². The van der Waals surface area contributed by atoms with Crippen molar-refractivity contribution in [1.29, 1.82) is 0 Å². The number of hydrogen-bond acceptors (Lipinski definition) is 3. The maximum atomic E-state index is 6.16. The molecule has 0 unspecified atom stereocenters. The number of rotatable bonds is 12. The second-order valence-corrected chi connectivity index (χ2v) is 9.06. The Balaban J connectivity index is 1.42. The molecule has 0 atom stereocenters. The van der Waals surface area contributed by atoms with Crippen LogP contribution in [0.15, 0.2) is 109 Å². The van der Waals surface area contributed by atoms with Gasteiger partial charge in [0.25, 0.3) is 0 Å². The standard InChI is InChI=1S/C30H34B2N2O/c33-19-17-31(27-11-3-1-4-12-27)29-15-7-9-25(21-29)23-35-24-26-10-8-16-30(22-26)32(18-20-34)28-13-5-2-6-14-28/h1-16,21-22H,17-20,23-24,33-34H2. The van der Waals surface area contributed by atoms with E-state index < -0.39 is 0 Å². The SMILES string of the molecule is NCCB(c1ccccc1)c1cccc(COCc2cccc(B(CCN)c3ccccc3)c2)c1. The van der Waals surface area contributed by atoms with E-state index in [2.05, 4.69) is 109 Å². The molecule has 0 radical (unpaired) electrons. The Morgan fingerprint density at radius 3 is 1.29 bits per heavy atom. The van der Waals surface area contributed by atoms with Gasteiger partial charge in [0.15, 0.2) is 0 Å². The fraction of sp³-hybridized carbons (Fsp3) is 0.200. The van der Waals surface area contributed by atoms with Gasteiger partial charge in [0.05, 0.1) is 13.2 Å². The van der Waals surface area contributed by atoms with Gasteiger partial charge in [-0.2, -0.15) is 0 Å². The molecule has 3 nitrogen and oxygen atoms in total. The molecule has 0 amide bonds. The van der Waals surface area contributed by atoms with Gasteiger partial charge in [0, 0.05) is 0 Å². The van der Waals surface area contributed by atoms with Gasteiger partial charge in [0.1, 0.15) is 0 Å². The summed E-state index contributed by atoms with van der Waals surface area (Å²) in [7, 11) is 0. The Morgan fingerprint density at radius 2 is 0.886 bits per heavy atom. The molecular weight excluding hydrogens is 426 g/mol. The van der Waals surface area contributed by atoms with Gasteiger partial charge in [-0.25, -0.2) is 0 Å². The Kier molecular flexibility index (Phi) is 9.36. The van der Waals surface area contributed by atoms with E-state index in [0.717, 1.165) is 12.6 Å². The Bertz CT molecular complexity index is 1080. The molecular formula is C30H34B2N2O. The summed E-state index contributed by atoms with van der Waals surface area (Å²) in [6.45, 7) is 3.07. The van der Waals surface area contributed by atoms with Crippen LogP contribution < -0.4 is 33.3 Å². The van der Waals surface area contributed by atoms with Crippen LogP contribution in [0.3, 0.4) is 0 Å². The predicted molar refractivity (Wildman–Crippen MR) is 152 cm³/mol. The topological polar surface area (TPSA) is 61.3 Å². The summed E-state index contributed by atoms with van der Waals surface area (Å²) in [5.74, 6) is 0. The molecule has 0 heterocycles. The van der Waals surface area contributed by atoms with Crippen LogP contribution >= 0.6 is 0 Å². The van der Waals surface area contributed by atoms with Crippen molar-refractivity contribution in [2.45, 2.75) is 25.9 Å². The average Bonchev–Trinajstić information content (AvgIpc) is 2.92. The van der Waals surface area contributed by atoms with Gasteiger partial charge < -0.3 is 16.2 Å². The molecule has 0 saturated heterocycles. The molecule has 0 bridgehead atoms. The maximum absolute atomic E-state index is 6.16. The van der Waals surface area contributed by atoms with E-state index in [1.165, 1.54) is 33.0 Å². The summed E-state index contributed by atoms with van der Waals surface area (Å²) >= 11 is 0. The van der Waals surface area contributed by atoms with E-state index in [4.69, 9.17) is 16.2 Å². The number of ether oxygens (including phenoxy) is 1. The number of benzene rings is 4. The first kappa shape index (κ1) is 25.0. The Labute approximate surface area is 210 Å². The molecule has 4 N–H and O–H groups in total. The fourth-order valence-corrected chi connectivity index (χ4v) is 4.84. The van der Waals surface area contributed by atoms with Crippen molar-refractivity contribution in [2.75, 3.05) is 13.1 Å². The zero-order valence-electron chi connectivity index (χ0n) is 20.4. The molecule has 0 aromatic heterocycles. The van der Waals surface area contributed by atoms with Gasteiger partial charge in [-0.3, -0.25) is 0 Å². The first-order valence-electron chi connectivity index (χ1n) is 12.5. The van der Waals surface area contributed by atoms with Gasteiger partial charge in [-0.05, 0) is 24.2 Å². The largest absolute Gasteiger partial charge is 0.372 e. The maximum Gasteiger partial charge on any atom is 0.210 e. The Morgan fingerprint density at radius 1 is 0.486 bits per heavy atom. The van der Waals surface area contributed by atoms with Crippen LogP contribution in [0.2, 0.25) is 12.6 Å². The summed E-state index contributed by atoms with van der Waals surface area (Å²) < 4.78 is 6.16. The molecule has 0 fully saturated rings. The molecule has 0 spiro atoms. The highest BCUT2D eigenvalue weighted by Crippen LogP contribution is 2.08. The smallest absolute Gasteiger partial charge is 0.210 e. The Hall–Kier alpha value is -3.11. The summed E-state index contributed by atoms with van der Waals surface area (Å²) in [6.07, 6.45) is 1.85.